The molecule has 0 bridgehead atoms. The van der Waals surface area contributed by atoms with Crippen molar-refractivity contribution in [1.82, 2.24) is 0 Å². The summed E-state index contributed by atoms with van der Waals surface area (Å²) < 4.78 is 0. The third kappa shape index (κ3) is 2.95. The normalized spacial score (nSPS) is 22.2. The third-order valence-electron chi connectivity index (χ3n) is 2.52. The van der Waals surface area contributed by atoms with Gasteiger partial charge in [0.1, 0.15) is 0 Å². The molecule has 0 radical (unpaired) electrons. The Morgan fingerprint density at radius 3 is 2.25 bits per heavy atom. The second-order valence-electron chi connectivity index (χ2n) is 3.60. The van der Waals surface area contributed by atoms with Crippen molar-refractivity contribution in [2.24, 2.45) is 0 Å². The van der Waals surface area contributed by atoms with Gasteiger partial charge in [0.15, 0.2) is 0 Å². The molecule has 0 saturated heterocycles. The second-order valence-corrected chi connectivity index (χ2v) is 3.60. The van der Waals surface area contributed by atoms with Gasteiger partial charge in [-0.1, -0.05) is 12.2 Å². The Bertz CT molecular complexity index is 142. The lowest BCUT2D eigenvalue weighted by Gasteiger charge is -2.26. The first-order chi connectivity index (χ1) is 5.77. The summed E-state index contributed by atoms with van der Waals surface area (Å²) in [6.07, 6.45) is 9.38. The van der Waals surface area contributed by atoms with Crippen LogP contribution < -0.4 is 0 Å². The number of aliphatic hydroxyl groups is 2. The Morgan fingerprint density at radius 2 is 1.75 bits per heavy atom. The topological polar surface area (TPSA) is 40.5 Å². The first-order valence-electron chi connectivity index (χ1n) is 4.75. The van der Waals surface area contributed by atoms with Gasteiger partial charge in [0.2, 0.25) is 0 Å². The van der Waals surface area contributed by atoms with E-state index in [-0.39, 0.29) is 6.61 Å². The van der Waals surface area contributed by atoms with Crippen LogP contribution in [-0.2, 0) is 0 Å². The van der Waals surface area contributed by atoms with Gasteiger partial charge in [-0.2, -0.15) is 0 Å². The van der Waals surface area contributed by atoms with Crippen molar-refractivity contribution < 1.29 is 10.2 Å². The van der Waals surface area contributed by atoms with Crippen molar-refractivity contribution in [3.05, 3.63) is 12.2 Å². The predicted molar refractivity (Wildman–Crippen MR) is 48.9 cm³/mol. The Morgan fingerprint density at radius 1 is 1.17 bits per heavy atom. The molecule has 0 aromatic rings. The largest absolute Gasteiger partial charge is 0.396 e. The Hall–Kier alpha value is -0.340. The summed E-state index contributed by atoms with van der Waals surface area (Å²) in [5.41, 5.74) is -0.508. The van der Waals surface area contributed by atoms with Crippen LogP contribution in [0.25, 0.3) is 0 Å². The van der Waals surface area contributed by atoms with Gasteiger partial charge in [0, 0.05) is 6.61 Å². The molecule has 2 heteroatoms. The maximum atomic E-state index is 10.0. The van der Waals surface area contributed by atoms with Crippen LogP contribution in [0.15, 0.2) is 12.2 Å². The van der Waals surface area contributed by atoms with E-state index in [1.54, 1.807) is 0 Å². The zero-order valence-corrected chi connectivity index (χ0v) is 7.50. The zero-order valence-electron chi connectivity index (χ0n) is 7.50. The molecule has 70 valence electrons. The van der Waals surface area contributed by atoms with Crippen LogP contribution in [0.5, 0.6) is 0 Å². The number of allylic oxidation sites excluding steroid dienone is 2. The maximum absolute atomic E-state index is 10.0. The fraction of sp³-hybridized carbons (Fsp3) is 0.800. The van der Waals surface area contributed by atoms with Crippen LogP contribution >= 0.6 is 0 Å². The Kier molecular flexibility index (Phi) is 3.76. The maximum Gasteiger partial charge on any atom is 0.0654 e. The highest BCUT2D eigenvalue weighted by molar-refractivity contribution is 4.93. The van der Waals surface area contributed by atoms with Crippen LogP contribution in [0, 0.1) is 0 Å². The number of rotatable bonds is 3. The van der Waals surface area contributed by atoms with Crippen LogP contribution in [0.2, 0.25) is 0 Å². The molecule has 0 spiro atoms. The van der Waals surface area contributed by atoms with E-state index in [0.717, 1.165) is 38.5 Å². The molecule has 1 aliphatic rings. The van der Waals surface area contributed by atoms with E-state index in [0.29, 0.717) is 0 Å². The van der Waals surface area contributed by atoms with E-state index < -0.39 is 5.60 Å². The SMILES string of the molecule is OCCCC1(O)CCC=CCC1. The fourth-order valence-corrected chi connectivity index (χ4v) is 1.72. The lowest BCUT2D eigenvalue weighted by molar-refractivity contribution is 0.0120. The van der Waals surface area contributed by atoms with Gasteiger partial charge in [-0.05, 0) is 38.5 Å². The molecule has 0 unspecified atom stereocenters. The minimum absolute atomic E-state index is 0.190. The molecular weight excluding hydrogens is 152 g/mol. The molecule has 0 heterocycles. The Balaban J connectivity index is 2.35. The van der Waals surface area contributed by atoms with Crippen molar-refractivity contribution in [3.8, 4) is 0 Å². The smallest absolute Gasteiger partial charge is 0.0654 e. The van der Waals surface area contributed by atoms with E-state index in [2.05, 4.69) is 12.2 Å². The monoisotopic (exact) mass is 170 g/mol. The second kappa shape index (κ2) is 4.63. The summed E-state index contributed by atoms with van der Waals surface area (Å²) in [6, 6.07) is 0. The van der Waals surface area contributed by atoms with Crippen molar-refractivity contribution in [3.63, 3.8) is 0 Å². The highest BCUT2D eigenvalue weighted by atomic mass is 16.3. The zero-order chi connectivity index (χ0) is 8.86. The molecule has 12 heavy (non-hydrogen) atoms. The first-order valence-corrected chi connectivity index (χ1v) is 4.75. The van der Waals surface area contributed by atoms with E-state index >= 15 is 0 Å². The van der Waals surface area contributed by atoms with Gasteiger partial charge in [0.05, 0.1) is 5.60 Å². The quantitative estimate of drug-likeness (QED) is 0.632. The van der Waals surface area contributed by atoms with Gasteiger partial charge >= 0.3 is 0 Å². The number of hydrogen-bond donors (Lipinski definition) is 2. The molecule has 0 aliphatic heterocycles. The summed E-state index contributed by atoms with van der Waals surface area (Å²) in [4.78, 5) is 0. The highest BCUT2D eigenvalue weighted by Gasteiger charge is 2.25. The van der Waals surface area contributed by atoms with E-state index in [1.165, 1.54) is 0 Å². The highest BCUT2D eigenvalue weighted by Crippen LogP contribution is 2.27. The van der Waals surface area contributed by atoms with Gasteiger partial charge in [-0.25, -0.2) is 0 Å². The molecule has 1 aliphatic carbocycles. The standard InChI is InChI=1S/C10H18O2/c11-9-5-8-10(12)6-3-1-2-4-7-10/h1-2,11-12H,3-9H2. The molecule has 0 aromatic carbocycles. The molecule has 0 aromatic heterocycles. The fourth-order valence-electron chi connectivity index (χ4n) is 1.72. The van der Waals surface area contributed by atoms with Crippen LogP contribution in [0.1, 0.15) is 38.5 Å². The molecule has 0 amide bonds. The number of aliphatic hydroxyl groups excluding tert-OH is 1. The summed E-state index contributed by atoms with van der Waals surface area (Å²) in [6.45, 7) is 0.190. The molecule has 0 atom stereocenters. The molecule has 0 saturated carbocycles. The van der Waals surface area contributed by atoms with E-state index in [4.69, 9.17) is 5.11 Å². The lowest BCUT2D eigenvalue weighted by Crippen LogP contribution is -2.27. The summed E-state index contributed by atoms with van der Waals surface area (Å²) >= 11 is 0. The van der Waals surface area contributed by atoms with Crippen LogP contribution in [0.3, 0.4) is 0 Å². The minimum Gasteiger partial charge on any atom is -0.396 e. The van der Waals surface area contributed by atoms with Crippen LogP contribution in [-0.4, -0.2) is 22.4 Å². The van der Waals surface area contributed by atoms with Gasteiger partial charge in [-0.3, -0.25) is 0 Å². The average molecular weight is 170 g/mol. The van der Waals surface area contributed by atoms with Gasteiger partial charge in [0.25, 0.3) is 0 Å². The van der Waals surface area contributed by atoms with Crippen molar-refractivity contribution in [2.45, 2.75) is 44.1 Å². The van der Waals surface area contributed by atoms with E-state index in [9.17, 15) is 5.11 Å². The van der Waals surface area contributed by atoms with E-state index in [1.807, 2.05) is 0 Å². The third-order valence-corrected chi connectivity index (χ3v) is 2.52. The molecule has 1 rings (SSSR count). The molecular formula is C10H18O2. The van der Waals surface area contributed by atoms with Gasteiger partial charge in [-0.15, -0.1) is 0 Å². The summed E-state index contributed by atoms with van der Waals surface area (Å²) in [7, 11) is 0. The van der Waals surface area contributed by atoms with Crippen molar-refractivity contribution in [1.29, 1.82) is 0 Å². The van der Waals surface area contributed by atoms with Crippen molar-refractivity contribution >= 4 is 0 Å². The molecule has 2 nitrogen and oxygen atoms in total. The average Bonchev–Trinajstić information content (AvgIpc) is 2.27. The van der Waals surface area contributed by atoms with Crippen LogP contribution in [0.4, 0.5) is 0 Å². The van der Waals surface area contributed by atoms with Gasteiger partial charge < -0.3 is 10.2 Å². The summed E-state index contributed by atoms with van der Waals surface area (Å²) in [5.74, 6) is 0. The number of hydrogen-bond acceptors (Lipinski definition) is 2. The minimum atomic E-state index is -0.508. The lowest BCUT2D eigenvalue weighted by atomic mass is 9.89. The molecule has 0 fully saturated rings. The Labute approximate surface area is 73.9 Å². The first kappa shape index (κ1) is 9.75. The van der Waals surface area contributed by atoms with Crippen molar-refractivity contribution in [2.75, 3.05) is 6.61 Å². The molecule has 2 N–H and O–H groups in total. The predicted octanol–water partition coefficient (Wildman–Crippen LogP) is 1.62. The summed E-state index contributed by atoms with van der Waals surface area (Å²) in [5, 5.41) is 18.7.